The van der Waals surface area contributed by atoms with Crippen LogP contribution in [0.15, 0.2) is 60.9 Å². The van der Waals surface area contributed by atoms with Crippen LogP contribution < -0.4 is 16.8 Å². The maximum Gasteiger partial charge on any atom is 0.219 e. The Bertz CT molecular complexity index is 1380. The molecular formula is C31H39N7O. The number of anilines is 1. The molecule has 2 atom stereocenters. The topological polar surface area (TPSA) is 126 Å². The second-order valence-electron chi connectivity index (χ2n) is 10.7. The summed E-state index contributed by atoms with van der Waals surface area (Å²) >= 11 is 0. The lowest BCUT2D eigenvalue weighted by atomic mass is 9.90. The predicted molar refractivity (Wildman–Crippen MR) is 157 cm³/mol. The van der Waals surface area contributed by atoms with Crippen molar-refractivity contribution in [2.45, 2.75) is 51.0 Å². The van der Waals surface area contributed by atoms with E-state index in [1.807, 2.05) is 0 Å². The average Bonchev–Trinajstić information content (AvgIpc) is 3.31. The van der Waals surface area contributed by atoms with Crippen molar-refractivity contribution in [2.24, 2.45) is 5.73 Å². The van der Waals surface area contributed by atoms with Crippen molar-refractivity contribution in [3.05, 3.63) is 77.7 Å². The molecule has 1 aliphatic heterocycles. The first-order valence-electron chi connectivity index (χ1n) is 13.9. The molecule has 0 saturated carbocycles. The molecule has 1 saturated heterocycles. The van der Waals surface area contributed by atoms with Crippen LogP contribution in [0.5, 0.6) is 0 Å². The van der Waals surface area contributed by atoms with E-state index in [1.165, 1.54) is 40.6 Å². The Hall–Kier alpha value is -3.75. The molecule has 2 aromatic carbocycles. The largest absolute Gasteiger partial charge is 0.368 e. The SMILES string of the molecule is CC(=O)NCCc1c(C2CCCN(CCC(N)Cc3ccc(-c4cnc(N)nc4)cc3)C2)[nH]c2ccccc12. The number of nitrogen functional groups attached to an aromatic ring is 1. The molecule has 1 aliphatic rings. The van der Waals surface area contributed by atoms with Crippen molar-refractivity contribution in [1.29, 1.82) is 0 Å². The van der Waals surface area contributed by atoms with Gasteiger partial charge in [-0.1, -0.05) is 42.5 Å². The third-order valence-electron chi connectivity index (χ3n) is 7.78. The molecule has 4 aromatic rings. The van der Waals surface area contributed by atoms with Gasteiger partial charge in [-0.15, -0.1) is 0 Å². The van der Waals surface area contributed by atoms with Gasteiger partial charge < -0.3 is 26.7 Å². The van der Waals surface area contributed by atoms with E-state index >= 15 is 0 Å². The molecule has 1 amide bonds. The van der Waals surface area contributed by atoms with E-state index < -0.39 is 0 Å². The predicted octanol–water partition coefficient (Wildman–Crippen LogP) is 4.03. The van der Waals surface area contributed by atoms with E-state index in [9.17, 15) is 4.79 Å². The number of carbonyl (C=O) groups excluding carboxylic acids is 1. The maximum atomic E-state index is 11.4. The Balaban J connectivity index is 1.17. The van der Waals surface area contributed by atoms with E-state index in [1.54, 1.807) is 19.3 Å². The van der Waals surface area contributed by atoms with E-state index in [2.05, 4.69) is 73.7 Å². The first-order valence-corrected chi connectivity index (χ1v) is 13.9. The molecule has 204 valence electrons. The van der Waals surface area contributed by atoms with Crippen LogP contribution in [-0.4, -0.2) is 58.0 Å². The Morgan fingerprint density at radius 3 is 2.67 bits per heavy atom. The third-order valence-corrected chi connectivity index (χ3v) is 7.78. The highest BCUT2D eigenvalue weighted by Gasteiger charge is 2.26. The molecule has 2 aromatic heterocycles. The zero-order chi connectivity index (χ0) is 27.2. The number of aromatic nitrogens is 3. The van der Waals surface area contributed by atoms with Gasteiger partial charge in [-0.25, -0.2) is 9.97 Å². The van der Waals surface area contributed by atoms with Gasteiger partial charge in [0.2, 0.25) is 11.9 Å². The van der Waals surface area contributed by atoms with Crippen LogP contribution in [0.4, 0.5) is 5.95 Å². The molecule has 6 N–H and O–H groups in total. The molecule has 2 unspecified atom stereocenters. The molecule has 8 heteroatoms. The van der Waals surface area contributed by atoms with Crippen molar-refractivity contribution in [2.75, 3.05) is 31.9 Å². The first-order chi connectivity index (χ1) is 19.0. The summed E-state index contributed by atoms with van der Waals surface area (Å²) in [6.07, 6.45) is 8.50. The summed E-state index contributed by atoms with van der Waals surface area (Å²) in [5, 5.41) is 4.24. The number of hydrogen-bond acceptors (Lipinski definition) is 6. The normalized spacial score (nSPS) is 16.8. The minimum absolute atomic E-state index is 0.0175. The molecule has 8 nitrogen and oxygen atoms in total. The average molecular weight is 526 g/mol. The van der Waals surface area contributed by atoms with E-state index in [0.29, 0.717) is 12.5 Å². The van der Waals surface area contributed by atoms with Crippen molar-refractivity contribution in [1.82, 2.24) is 25.2 Å². The number of nitrogens with two attached hydrogens (primary N) is 2. The standard InChI is InChI=1S/C31H39N7O/c1-21(39)34-14-12-28-27-6-2-3-7-29(27)37-30(28)24-5-4-15-38(20-24)16-13-26(32)17-22-8-10-23(11-9-22)25-18-35-31(33)36-19-25/h2-3,6-11,18-19,24,26,37H,4-5,12-17,20,32H2,1H3,(H,34,39)(H2,33,35,36). The van der Waals surface area contributed by atoms with Gasteiger partial charge in [0.25, 0.3) is 0 Å². The van der Waals surface area contributed by atoms with Crippen molar-refractivity contribution >= 4 is 22.8 Å². The van der Waals surface area contributed by atoms with Crippen LogP contribution in [0.3, 0.4) is 0 Å². The van der Waals surface area contributed by atoms with Crippen molar-refractivity contribution in [3.63, 3.8) is 0 Å². The molecular weight excluding hydrogens is 486 g/mol. The Morgan fingerprint density at radius 2 is 1.90 bits per heavy atom. The molecule has 39 heavy (non-hydrogen) atoms. The van der Waals surface area contributed by atoms with E-state index in [0.717, 1.165) is 50.0 Å². The number of fused-ring (bicyclic) bond motifs is 1. The van der Waals surface area contributed by atoms with E-state index in [-0.39, 0.29) is 17.9 Å². The summed E-state index contributed by atoms with van der Waals surface area (Å²) in [4.78, 5) is 25.9. The molecule has 0 aliphatic carbocycles. The second-order valence-corrected chi connectivity index (χ2v) is 10.7. The number of H-pyrrole nitrogens is 1. The summed E-state index contributed by atoms with van der Waals surface area (Å²) in [6, 6.07) is 17.1. The number of rotatable bonds is 10. The van der Waals surface area contributed by atoms with Gasteiger partial charge in [0.1, 0.15) is 0 Å². The molecule has 0 bridgehead atoms. The molecule has 0 spiro atoms. The zero-order valence-electron chi connectivity index (χ0n) is 22.7. The fraction of sp³-hybridized carbons (Fsp3) is 0.387. The number of aromatic amines is 1. The van der Waals surface area contributed by atoms with Gasteiger partial charge in [-0.05, 0) is 68.0 Å². The summed E-state index contributed by atoms with van der Waals surface area (Å²) < 4.78 is 0. The van der Waals surface area contributed by atoms with Crippen molar-refractivity contribution < 1.29 is 4.79 Å². The first kappa shape index (κ1) is 26.8. The van der Waals surface area contributed by atoms with Crippen LogP contribution >= 0.6 is 0 Å². The molecule has 1 fully saturated rings. The lowest BCUT2D eigenvalue weighted by Gasteiger charge is -2.33. The molecule has 5 rings (SSSR count). The highest BCUT2D eigenvalue weighted by Crippen LogP contribution is 2.33. The highest BCUT2D eigenvalue weighted by atomic mass is 16.1. The van der Waals surface area contributed by atoms with Gasteiger partial charge in [0.05, 0.1) is 0 Å². The van der Waals surface area contributed by atoms with Gasteiger partial charge in [-0.2, -0.15) is 0 Å². The van der Waals surface area contributed by atoms with Crippen LogP contribution in [0.25, 0.3) is 22.0 Å². The quantitative estimate of drug-likeness (QED) is 0.248. The lowest BCUT2D eigenvalue weighted by molar-refractivity contribution is -0.118. The number of piperidine rings is 1. The number of likely N-dealkylation sites (tertiary alicyclic amines) is 1. The zero-order valence-corrected chi connectivity index (χ0v) is 22.7. The number of amides is 1. The van der Waals surface area contributed by atoms with Crippen LogP contribution in [0.1, 0.15) is 48.9 Å². The Labute approximate surface area is 230 Å². The third kappa shape index (κ3) is 6.82. The van der Waals surface area contributed by atoms with Crippen LogP contribution in [0.2, 0.25) is 0 Å². The van der Waals surface area contributed by atoms with Gasteiger partial charge in [0, 0.05) is 66.5 Å². The smallest absolute Gasteiger partial charge is 0.219 e. The van der Waals surface area contributed by atoms with Gasteiger partial charge >= 0.3 is 0 Å². The van der Waals surface area contributed by atoms with Gasteiger partial charge in [0.15, 0.2) is 0 Å². The maximum absolute atomic E-state index is 11.4. The Morgan fingerprint density at radius 1 is 1.13 bits per heavy atom. The summed E-state index contributed by atoms with van der Waals surface area (Å²) in [5.74, 6) is 0.758. The number of nitrogens with zero attached hydrogens (tertiary/aromatic N) is 3. The van der Waals surface area contributed by atoms with Crippen molar-refractivity contribution in [3.8, 4) is 11.1 Å². The number of benzene rings is 2. The fourth-order valence-electron chi connectivity index (χ4n) is 5.77. The molecule has 3 heterocycles. The second kappa shape index (κ2) is 12.4. The van der Waals surface area contributed by atoms with Gasteiger partial charge in [-0.3, -0.25) is 4.79 Å². The highest BCUT2D eigenvalue weighted by molar-refractivity contribution is 5.85. The van der Waals surface area contributed by atoms with E-state index in [4.69, 9.17) is 11.5 Å². The van der Waals surface area contributed by atoms with Crippen LogP contribution in [0, 0.1) is 0 Å². The lowest BCUT2D eigenvalue weighted by Crippen LogP contribution is -2.38. The molecule has 0 radical (unpaired) electrons. The number of hydrogen-bond donors (Lipinski definition) is 4. The van der Waals surface area contributed by atoms with Crippen LogP contribution in [-0.2, 0) is 17.6 Å². The summed E-state index contributed by atoms with van der Waals surface area (Å²) in [5.41, 5.74) is 19.3. The minimum atomic E-state index is 0.0175. The number of nitrogens with one attached hydrogen (secondary N) is 2. The summed E-state index contributed by atoms with van der Waals surface area (Å²) in [7, 11) is 0. The minimum Gasteiger partial charge on any atom is -0.368 e. The number of carbonyl (C=O) groups is 1. The fourth-order valence-corrected chi connectivity index (χ4v) is 5.77. The Kier molecular flexibility index (Phi) is 8.54. The monoisotopic (exact) mass is 525 g/mol. The summed E-state index contributed by atoms with van der Waals surface area (Å²) in [6.45, 7) is 5.38. The number of para-hydroxylation sites is 1.